The van der Waals surface area contributed by atoms with Crippen LogP contribution in [-0.2, 0) is 11.3 Å². The summed E-state index contributed by atoms with van der Waals surface area (Å²) in [5, 5.41) is 8.43. The van der Waals surface area contributed by atoms with Crippen LogP contribution in [0.25, 0.3) is 11.0 Å². The fraction of sp³-hybridized carbons (Fsp3) is 0.526. The van der Waals surface area contributed by atoms with Gasteiger partial charge >= 0.3 is 0 Å². The lowest BCUT2D eigenvalue weighted by molar-refractivity contribution is -0.102. The highest BCUT2D eigenvalue weighted by Crippen LogP contribution is 2.25. The second kappa shape index (κ2) is 8.92. The van der Waals surface area contributed by atoms with Crippen LogP contribution in [0.1, 0.15) is 12.6 Å². The van der Waals surface area contributed by atoms with Crippen molar-refractivity contribution in [3.05, 3.63) is 24.2 Å². The van der Waals surface area contributed by atoms with E-state index in [0.29, 0.717) is 50.3 Å². The zero-order valence-corrected chi connectivity index (χ0v) is 16.9. The minimum Gasteiger partial charge on any atom is -0.477 e. The maximum absolute atomic E-state index is 12.9. The van der Waals surface area contributed by atoms with Crippen molar-refractivity contribution in [2.24, 2.45) is 0 Å². The monoisotopic (exact) mass is 421 g/mol. The van der Waals surface area contributed by atoms with Crippen LogP contribution in [0.5, 0.6) is 5.88 Å². The van der Waals surface area contributed by atoms with Crippen molar-refractivity contribution in [2.75, 3.05) is 38.2 Å². The summed E-state index contributed by atoms with van der Waals surface area (Å²) in [4.78, 5) is 14.0. The number of nitrogens with one attached hydrogen (secondary N) is 2. The molecule has 1 unspecified atom stereocenters. The predicted octanol–water partition coefficient (Wildman–Crippen LogP) is 2.57. The van der Waals surface area contributed by atoms with E-state index in [1.807, 2.05) is 29.5 Å². The zero-order valence-electron chi connectivity index (χ0n) is 16.9. The molecule has 30 heavy (non-hydrogen) atoms. The van der Waals surface area contributed by atoms with Crippen LogP contribution in [0.15, 0.2) is 18.5 Å². The summed E-state index contributed by atoms with van der Waals surface area (Å²) in [6.07, 6.45) is 0.0150. The normalized spacial score (nSPS) is 17.7. The minimum absolute atomic E-state index is 0.229. The van der Waals surface area contributed by atoms with Gasteiger partial charge in [-0.1, -0.05) is 0 Å². The van der Waals surface area contributed by atoms with Gasteiger partial charge in [0.15, 0.2) is 0 Å². The molecule has 0 bridgehead atoms. The predicted molar refractivity (Wildman–Crippen MR) is 107 cm³/mol. The molecule has 0 aliphatic carbocycles. The van der Waals surface area contributed by atoms with Crippen molar-refractivity contribution in [2.45, 2.75) is 32.9 Å². The molecule has 9 nitrogen and oxygen atoms in total. The number of hydrogen-bond donors (Lipinski definition) is 2. The summed E-state index contributed by atoms with van der Waals surface area (Å²) >= 11 is 0. The second-order valence-corrected chi connectivity index (χ2v) is 7.06. The number of H-pyrrole nitrogens is 1. The number of nitrogens with zero attached hydrogens (tertiary/aromatic N) is 5. The van der Waals surface area contributed by atoms with Gasteiger partial charge in [-0.05, 0) is 19.9 Å². The average Bonchev–Trinajstić information content (AvgIpc) is 3.34. The molecule has 0 aromatic carbocycles. The first kappa shape index (κ1) is 20.5. The van der Waals surface area contributed by atoms with E-state index in [4.69, 9.17) is 9.47 Å². The van der Waals surface area contributed by atoms with Gasteiger partial charge in [-0.25, -0.2) is 8.78 Å². The van der Waals surface area contributed by atoms with E-state index < -0.39 is 12.5 Å². The van der Waals surface area contributed by atoms with Crippen LogP contribution < -0.4 is 10.1 Å². The number of anilines is 2. The maximum Gasteiger partial charge on any atom is 0.265 e. The SMILES string of the molecule is CCOc1nc(Nc2cnn(CCN3CCOC(C(F)F)C3)c2C)nc2[nH]ccc12. The highest BCUT2D eigenvalue weighted by atomic mass is 19.3. The van der Waals surface area contributed by atoms with Crippen molar-refractivity contribution < 1.29 is 18.3 Å². The molecule has 1 saturated heterocycles. The van der Waals surface area contributed by atoms with Gasteiger partial charge in [-0.3, -0.25) is 9.58 Å². The number of halogens is 2. The number of aromatic nitrogens is 5. The van der Waals surface area contributed by atoms with E-state index >= 15 is 0 Å². The fourth-order valence-corrected chi connectivity index (χ4v) is 3.45. The Labute approximate surface area is 172 Å². The first-order valence-corrected chi connectivity index (χ1v) is 9.94. The zero-order chi connectivity index (χ0) is 21.1. The first-order valence-electron chi connectivity index (χ1n) is 9.94. The molecule has 4 rings (SSSR count). The molecular weight excluding hydrogens is 396 g/mol. The molecule has 11 heteroatoms. The molecule has 2 N–H and O–H groups in total. The smallest absolute Gasteiger partial charge is 0.265 e. The Kier molecular flexibility index (Phi) is 6.09. The average molecular weight is 421 g/mol. The number of ether oxygens (including phenoxy) is 2. The van der Waals surface area contributed by atoms with E-state index in [1.165, 1.54) is 0 Å². The van der Waals surface area contributed by atoms with Gasteiger partial charge in [0.2, 0.25) is 11.8 Å². The third-order valence-corrected chi connectivity index (χ3v) is 5.10. The number of rotatable bonds is 8. The highest BCUT2D eigenvalue weighted by Gasteiger charge is 2.27. The van der Waals surface area contributed by atoms with Gasteiger partial charge in [0.25, 0.3) is 6.43 Å². The number of hydrogen-bond acceptors (Lipinski definition) is 7. The lowest BCUT2D eigenvalue weighted by Gasteiger charge is -2.32. The summed E-state index contributed by atoms with van der Waals surface area (Å²) in [7, 11) is 0. The lowest BCUT2D eigenvalue weighted by Crippen LogP contribution is -2.46. The van der Waals surface area contributed by atoms with E-state index in [0.717, 1.165) is 16.8 Å². The molecule has 162 valence electrons. The Morgan fingerprint density at radius 3 is 3.03 bits per heavy atom. The van der Waals surface area contributed by atoms with E-state index in [-0.39, 0.29) is 6.54 Å². The Morgan fingerprint density at radius 2 is 2.23 bits per heavy atom. The number of morpholine rings is 1. The Bertz CT molecular complexity index is 991. The molecule has 1 aliphatic heterocycles. The summed E-state index contributed by atoms with van der Waals surface area (Å²) in [5.74, 6) is 0.918. The molecule has 0 saturated carbocycles. The minimum atomic E-state index is -2.46. The van der Waals surface area contributed by atoms with E-state index in [2.05, 4.69) is 25.4 Å². The maximum atomic E-state index is 12.9. The molecule has 0 amide bonds. The van der Waals surface area contributed by atoms with Crippen molar-refractivity contribution >= 4 is 22.7 Å². The third kappa shape index (κ3) is 4.36. The molecule has 1 fully saturated rings. The second-order valence-electron chi connectivity index (χ2n) is 7.06. The Morgan fingerprint density at radius 1 is 1.37 bits per heavy atom. The molecule has 3 aromatic rings. The highest BCUT2D eigenvalue weighted by molar-refractivity contribution is 5.82. The van der Waals surface area contributed by atoms with Crippen molar-refractivity contribution in [1.82, 2.24) is 29.6 Å². The van der Waals surface area contributed by atoms with Crippen LogP contribution in [-0.4, -0.2) is 75.0 Å². The molecular formula is C19H25F2N7O2. The van der Waals surface area contributed by atoms with Crippen molar-refractivity contribution in [3.63, 3.8) is 0 Å². The van der Waals surface area contributed by atoms with Crippen LogP contribution in [0.4, 0.5) is 20.4 Å². The summed E-state index contributed by atoms with van der Waals surface area (Å²) in [6.45, 7) is 6.74. The number of alkyl halides is 2. The van der Waals surface area contributed by atoms with E-state index in [9.17, 15) is 8.78 Å². The quantitative estimate of drug-likeness (QED) is 0.577. The molecule has 4 heterocycles. The topological polar surface area (TPSA) is 93.1 Å². The number of aromatic amines is 1. The van der Waals surface area contributed by atoms with Crippen LogP contribution in [0.3, 0.4) is 0 Å². The summed E-state index contributed by atoms with van der Waals surface area (Å²) in [5.41, 5.74) is 2.36. The van der Waals surface area contributed by atoms with Crippen molar-refractivity contribution in [3.8, 4) is 5.88 Å². The molecule has 1 atom stereocenters. The van der Waals surface area contributed by atoms with Gasteiger partial charge in [0.1, 0.15) is 11.8 Å². The lowest BCUT2D eigenvalue weighted by atomic mass is 10.3. The largest absolute Gasteiger partial charge is 0.477 e. The van der Waals surface area contributed by atoms with Gasteiger partial charge in [0.05, 0.1) is 42.7 Å². The fourth-order valence-electron chi connectivity index (χ4n) is 3.45. The summed E-state index contributed by atoms with van der Waals surface area (Å²) in [6, 6.07) is 1.87. The van der Waals surface area contributed by atoms with Gasteiger partial charge in [-0.15, -0.1) is 0 Å². The molecule has 1 aliphatic rings. The molecule has 3 aromatic heterocycles. The first-order chi connectivity index (χ1) is 14.5. The molecule has 0 radical (unpaired) electrons. The Balaban J connectivity index is 1.43. The summed E-state index contributed by atoms with van der Waals surface area (Å²) < 4.78 is 38.3. The van der Waals surface area contributed by atoms with Crippen molar-refractivity contribution in [1.29, 1.82) is 0 Å². The third-order valence-electron chi connectivity index (χ3n) is 5.10. The van der Waals surface area contributed by atoms with Crippen LogP contribution >= 0.6 is 0 Å². The van der Waals surface area contributed by atoms with E-state index in [1.54, 1.807) is 12.4 Å². The van der Waals surface area contributed by atoms with Crippen LogP contribution in [0.2, 0.25) is 0 Å². The standard InChI is InChI=1S/C19H25F2N7O2/c1-3-29-18-13-4-5-22-17(13)25-19(26-18)24-14-10-23-28(12(14)2)7-6-27-8-9-30-15(11-27)16(20)21/h4-5,10,15-16H,3,6-9,11H2,1-2H3,(H2,22,24,25,26). The van der Waals surface area contributed by atoms with Crippen LogP contribution in [0, 0.1) is 6.92 Å². The Hall–Kier alpha value is -2.79. The van der Waals surface area contributed by atoms with Gasteiger partial charge in [-0.2, -0.15) is 15.1 Å². The van der Waals surface area contributed by atoms with Gasteiger partial charge in [0, 0.05) is 25.8 Å². The number of fused-ring (bicyclic) bond motifs is 1. The van der Waals surface area contributed by atoms with Gasteiger partial charge < -0.3 is 19.8 Å². The molecule has 0 spiro atoms.